The molecule has 10 rings (SSSR count). The third kappa shape index (κ3) is 7.66. The Hall–Kier alpha value is -5.89. The van der Waals surface area contributed by atoms with E-state index in [1.807, 2.05) is 6.07 Å². The van der Waals surface area contributed by atoms with Gasteiger partial charge >= 0.3 is 7.12 Å². The molecule has 0 aliphatic heterocycles. The molecule has 0 spiro atoms. The molecule has 0 aliphatic rings. The van der Waals surface area contributed by atoms with E-state index < -0.39 is 7.12 Å². The molecule has 0 saturated heterocycles. The van der Waals surface area contributed by atoms with Crippen LogP contribution in [0.4, 0.5) is 0 Å². The van der Waals surface area contributed by atoms with Crippen molar-refractivity contribution in [3.05, 3.63) is 209 Å². The van der Waals surface area contributed by atoms with Gasteiger partial charge in [-0.15, -0.1) is 0 Å². The van der Waals surface area contributed by atoms with Gasteiger partial charge in [-0.25, -0.2) is 0 Å². The minimum atomic E-state index is -1.41. The molecular weight excluding hydrogens is 775 g/mol. The Labute approximate surface area is 339 Å². The molecule has 4 nitrogen and oxygen atoms in total. The molecule has 0 radical (unpaired) electrons. The van der Waals surface area contributed by atoms with Gasteiger partial charge in [-0.05, 0) is 102 Å². The normalized spacial score (nSPS) is 10.9. The topological polar surface area (TPSA) is 50.3 Å². The fourth-order valence-corrected chi connectivity index (χ4v) is 7.68. The second kappa shape index (κ2) is 16.5. The molecule has 2 heterocycles. The standard InChI is InChI=1S/C25H19N.C18H12BrN.C6H6BClO2/c1-18-11-13-19(14-12-18)20-15-16-25-23(17-20)22-9-5-6-10-24(22)26(25)21-7-3-2-4-8-21;19-13-10-11-18-16(12-13)15-8-4-5-9-17(15)20(18)14-6-2-1-3-7-14;8-6-3-1-5(2-4-6)7(9)10/h2-17H,1H3;1-12H;1-4,9-10H. The van der Waals surface area contributed by atoms with Gasteiger partial charge in [0.1, 0.15) is 0 Å². The van der Waals surface area contributed by atoms with Crippen LogP contribution in [-0.2, 0) is 0 Å². The van der Waals surface area contributed by atoms with Gasteiger partial charge < -0.3 is 19.2 Å². The van der Waals surface area contributed by atoms with E-state index in [0.717, 1.165) is 4.47 Å². The summed E-state index contributed by atoms with van der Waals surface area (Å²) < 4.78 is 5.78. The summed E-state index contributed by atoms with van der Waals surface area (Å²) in [5.41, 5.74) is 11.6. The molecule has 0 bridgehead atoms. The van der Waals surface area contributed by atoms with Crippen LogP contribution in [0.1, 0.15) is 5.56 Å². The van der Waals surface area contributed by atoms with Gasteiger partial charge in [0, 0.05) is 42.4 Å². The van der Waals surface area contributed by atoms with Crippen molar-refractivity contribution in [1.82, 2.24) is 9.13 Å². The number of nitrogens with zero attached hydrogens (tertiary/aromatic N) is 2. The van der Waals surface area contributed by atoms with Crippen molar-refractivity contribution in [2.45, 2.75) is 6.92 Å². The van der Waals surface area contributed by atoms with Crippen LogP contribution in [0.25, 0.3) is 66.1 Å². The zero-order chi connectivity index (χ0) is 38.6. The lowest BCUT2D eigenvalue weighted by atomic mass is 9.81. The smallest absolute Gasteiger partial charge is 0.423 e. The highest BCUT2D eigenvalue weighted by Crippen LogP contribution is 2.35. The van der Waals surface area contributed by atoms with Crippen molar-refractivity contribution in [1.29, 1.82) is 0 Å². The third-order valence-electron chi connectivity index (χ3n) is 9.89. The molecular formula is C49H37BBrClN2O2. The Bertz CT molecular complexity index is 2910. The maximum absolute atomic E-state index is 8.63. The van der Waals surface area contributed by atoms with Crippen LogP contribution in [0, 0.1) is 6.92 Å². The van der Waals surface area contributed by atoms with Crippen LogP contribution < -0.4 is 5.46 Å². The lowest BCUT2D eigenvalue weighted by Crippen LogP contribution is -2.29. The first-order valence-electron chi connectivity index (χ1n) is 18.4. The van der Waals surface area contributed by atoms with Crippen molar-refractivity contribution in [3.8, 4) is 22.5 Å². The van der Waals surface area contributed by atoms with E-state index in [0.29, 0.717) is 10.5 Å². The Morgan fingerprint density at radius 2 is 0.893 bits per heavy atom. The van der Waals surface area contributed by atoms with Gasteiger partial charge in [-0.1, -0.05) is 148 Å². The minimum absolute atomic E-state index is 0.449. The molecule has 0 amide bonds. The van der Waals surface area contributed by atoms with Crippen LogP contribution in [0.15, 0.2) is 199 Å². The molecule has 0 fully saturated rings. The lowest BCUT2D eigenvalue weighted by Gasteiger charge is -2.08. The predicted molar refractivity (Wildman–Crippen MR) is 241 cm³/mol. The number of para-hydroxylation sites is 4. The number of aromatic nitrogens is 2. The third-order valence-corrected chi connectivity index (χ3v) is 10.6. The number of hydrogen-bond acceptors (Lipinski definition) is 2. The fourth-order valence-electron chi connectivity index (χ4n) is 7.19. The second-order valence-corrected chi connectivity index (χ2v) is 14.9. The fraction of sp³-hybridized carbons (Fsp3) is 0.0204. The van der Waals surface area contributed by atoms with E-state index in [2.05, 4.69) is 196 Å². The predicted octanol–water partition coefficient (Wildman–Crippen LogP) is 12.3. The number of hydrogen-bond donors (Lipinski definition) is 2. The average Bonchev–Trinajstić information content (AvgIpc) is 3.74. The van der Waals surface area contributed by atoms with Gasteiger partial charge in [0.15, 0.2) is 0 Å². The van der Waals surface area contributed by atoms with E-state index >= 15 is 0 Å². The number of benzene rings is 8. The van der Waals surface area contributed by atoms with Gasteiger partial charge in [0.25, 0.3) is 0 Å². The lowest BCUT2D eigenvalue weighted by molar-refractivity contribution is 0.426. The van der Waals surface area contributed by atoms with Gasteiger partial charge in [-0.3, -0.25) is 0 Å². The number of fused-ring (bicyclic) bond motifs is 6. The van der Waals surface area contributed by atoms with Gasteiger partial charge in [0.2, 0.25) is 0 Å². The number of rotatable bonds is 4. The summed E-state index contributed by atoms with van der Waals surface area (Å²) in [4.78, 5) is 0. The van der Waals surface area contributed by atoms with Crippen LogP contribution >= 0.6 is 27.5 Å². The molecule has 2 N–H and O–H groups in total. The number of aryl methyl sites for hydroxylation is 1. The molecule has 0 saturated carbocycles. The summed E-state index contributed by atoms with van der Waals surface area (Å²) in [6.07, 6.45) is 0. The summed E-state index contributed by atoms with van der Waals surface area (Å²) in [5.74, 6) is 0. The quantitative estimate of drug-likeness (QED) is 0.174. The highest BCUT2D eigenvalue weighted by Gasteiger charge is 2.14. The van der Waals surface area contributed by atoms with Crippen LogP contribution in [-0.4, -0.2) is 26.3 Å². The van der Waals surface area contributed by atoms with Crippen LogP contribution in [0.5, 0.6) is 0 Å². The van der Waals surface area contributed by atoms with E-state index in [-0.39, 0.29) is 0 Å². The van der Waals surface area contributed by atoms with E-state index in [1.54, 1.807) is 24.3 Å². The average molecular weight is 812 g/mol. The first kappa shape index (κ1) is 37.1. The summed E-state index contributed by atoms with van der Waals surface area (Å²) in [6, 6.07) is 66.6. The monoisotopic (exact) mass is 810 g/mol. The van der Waals surface area contributed by atoms with Crippen molar-refractivity contribution in [3.63, 3.8) is 0 Å². The molecule has 272 valence electrons. The summed E-state index contributed by atoms with van der Waals surface area (Å²) in [5, 5.41) is 23.0. The molecule has 10 aromatic rings. The molecule has 2 aromatic heterocycles. The highest BCUT2D eigenvalue weighted by molar-refractivity contribution is 9.10. The Kier molecular flexibility index (Phi) is 10.9. The first-order chi connectivity index (χ1) is 27.4. The van der Waals surface area contributed by atoms with Crippen LogP contribution in [0.2, 0.25) is 5.02 Å². The van der Waals surface area contributed by atoms with Crippen LogP contribution in [0.3, 0.4) is 0 Å². The first-order valence-corrected chi connectivity index (χ1v) is 19.5. The molecule has 0 atom stereocenters. The van der Waals surface area contributed by atoms with E-state index in [4.69, 9.17) is 21.6 Å². The largest absolute Gasteiger partial charge is 0.488 e. The minimum Gasteiger partial charge on any atom is -0.423 e. The van der Waals surface area contributed by atoms with E-state index in [1.165, 1.54) is 71.7 Å². The number of halogens is 2. The molecule has 0 aliphatic carbocycles. The summed E-state index contributed by atoms with van der Waals surface area (Å²) in [6.45, 7) is 2.13. The summed E-state index contributed by atoms with van der Waals surface area (Å²) in [7, 11) is -1.41. The second-order valence-electron chi connectivity index (χ2n) is 13.6. The maximum atomic E-state index is 8.63. The Balaban J connectivity index is 0.000000130. The van der Waals surface area contributed by atoms with Crippen molar-refractivity contribution < 1.29 is 10.0 Å². The summed E-state index contributed by atoms with van der Waals surface area (Å²) >= 11 is 9.13. The zero-order valence-electron chi connectivity index (χ0n) is 30.6. The molecule has 56 heavy (non-hydrogen) atoms. The van der Waals surface area contributed by atoms with E-state index in [9.17, 15) is 0 Å². The van der Waals surface area contributed by atoms with Crippen molar-refractivity contribution in [2.24, 2.45) is 0 Å². The zero-order valence-corrected chi connectivity index (χ0v) is 32.9. The molecule has 0 unspecified atom stereocenters. The van der Waals surface area contributed by atoms with Gasteiger partial charge in [0.05, 0.1) is 22.1 Å². The SMILES string of the molecule is Brc1ccc2c(c1)c1ccccc1n2-c1ccccc1.Cc1ccc(-c2ccc3c(c2)c2ccccc2n3-c2ccccc2)cc1.OB(O)c1ccc(Cl)cc1. The van der Waals surface area contributed by atoms with Crippen molar-refractivity contribution in [2.75, 3.05) is 0 Å². The molecule has 7 heteroatoms. The highest BCUT2D eigenvalue weighted by atomic mass is 79.9. The Morgan fingerprint density at radius 3 is 1.43 bits per heavy atom. The van der Waals surface area contributed by atoms with Gasteiger partial charge in [-0.2, -0.15) is 0 Å². The Morgan fingerprint density at radius 1 is 0.446 bits per heavy atom. The maximum Gasteiger partial charge on any atom is 0.488 e. The van der Waals surface area contributed by atoms with Crippen molar-refractivity contribution >= 4 is 83.7 Å². The molecule has 8 aromatic carbocycles.